The number of nitrogens with zero attached hydrogens (tertiary/aromatic N) is 3. The van der Waals surface area contributed by atoms with Crippen LogP contribution in [-0.2, 0) is 6.42 Å². The van der Waals surface area contributed by atoms with E-state index in [0.717, 1.165) is 24.7 Å². The van der Waals surface area contributed by atoms with Crippen molar-refractivity contribution in [2.24, 2.45) is 5.92 Å². The molecule has 0 aliphatic heterocycles. The summed E-state index contributed by atoms with van der Waals surface area (Å²) in [4.78, 5) is 4.38. The molecule has 1 aromatic rings. The summed E-state index contributed by atoms with van der Waals surface area (Å²) in [5, 5.41) is 7.85. The van der Waals surface area contributed by atoms with Crippen LogP contribution in [-0.4, -0.2) is 27.4 Å². The quantitative estimate of drug-likeness (QED) is 0.798. The van der Waals surface area contributed by atoms with Crippen LogP contribution in [0.15, 0.2) is 6.33 Å². The molecule has 4 heteroatoms. The smallest absolute Gasteiger partial charge is 0.138 e. The van der Waals surface area contributed by atoms with Crippen molar-refractivity contribution in [3.8, 4) is 0 Å². The second-order valence-electron chi connectivity index (χ2n) is 4.92. The molecular formula is C12H22N4. The highest BCUT2D eigenvalue weighted by Crippen LogP contribution is 2.33. The van der Waals surface area contributed by atoms with Gasteiger partial charge in [0.05, 0.1) is 0 Å². The fourth-order valence-corrected chi connectivity index (χ4v) is 2.21. The van der Waals surface area contributed by atoms with Gasteiger partial charge in [-0.3, -0.25) is 0 Å². The molecule has 90 valence electrons. The number of nitrogens with one attached hydrogen (secondary N) is 1. The number of aromatic nitrogens is 3. The summed E-state index contributed by atoms with van der Waals surface area (Å²) in [5.74, 6) is 1.98. The first-order valence-corrected chi connectivity index (χ1v) is 6.34. The minimum absolute atomic E-state index is 0.402. The molecule has 0 spiro atoms. The summed E-state index contributed by atoms with van der Waals surface area (Å²) in [6.45, 7) is 7.51. The van der Waals surface area contributed by atoms with E-state index in [2.05, 4.69) is 36.2 Å². The van der Waals surface area contributed by atoms with Gasteiger partial charge in [-0.15, -0.1) is 0 Å². The van der Waals surface area contributed by atoms with E-state index in [-0.39, 0.29) is 0 Å². The molecular weight excluding hydrogens is 200 g/mol. The van der Waals surface area contributed by atoms with Crippen LogP contribution in [0.2, 0.25) is 0 Å². The molecule has 1 fully saturated rings. The van der Waals surface area contributed by atoms with Gasteiger partial charge in [0.15, 0.2) is 0 Å². The Morgan fingerprint density at radius 2 is 2.25 bits per heavy atom. The fourth-order valence-electron chi connectivity index (χ4n) is 2.21. The molecule has 1 aromatic heterocycles. The standard InChI is InChI=1S/C12H22N4/c1-4-13-11(10-5-6-10)7-12-14-8-15-16(12)9(2)3/h8-11,13H,4-7H2,1-3H3. The fraction of sp³-hybridized carbons (Fsp3) is 0.833. The molecule has 1 N–H and O–H groups in total. The van der Waals surface area contributed by atoms with Gasteiger partial charge in [-0.1, -0.05) is 6.92 Å². The van der Waals surface area contributed by atoms with E-state index >= 15 is 0 Å². The third-order valence-corrected chi connectivity index (χ3v) is 3.20. The summed E-state index contributed by atoms with van der Waals surface area (Å²) in [6.07, 6.45) is 5.42. The molecule has 0 saturated heterocycles. The normalized spacial score (nSPS) is 18.0. The highest BCUT2D eigenvalue weighted by molar-refractivity contribution is 4.96. The Labute approximate surface area is 97.5 Å². The minimum atomic E-state index is 0.402. The summed E-state index contributed by atoms with van der Waals surface area (Å²) >= 11 is 0. The molecule has 4 nitrogen and oxygen atoms in total. The number of hydrogen-bond donors (Lipinski definition) is 1. The van der Waals surface area contributed by atoms with Gasteiger partial charge in [-0.2, -0.15) is 5.10 Å². The number of hydrogen-bond acceptors (Lipinski definition) is 3. The van der Waals surface area contributed by atoms with Gasteiger partial charge in [0.2, 0.25) is 0 Å². The maximum Gasteiger partial charge on any atom is 0.138 e. The lowest BCUT2D eigenvalue weighted by Crippen LogP contribution is -2.34. The lowest BCUT2D eigenvalue weighted by Gasteiger charge is -2.18. The molecule has 2 rings (SSSR count). The second kappa shape index (κ2) is 4.95. The molecule has 0 radical (unpaired) electrons. The van der Waals surface area contributed by atoms with Crippen LogP contribution < -0.4 is 5.32 Å². The predicted molar refractivity (Wildman–Crippen MR) is 64.3 cm³/mol. The second-order valence-corrected chi connectivity index (χ2v) is 4.92. The molecule has 16 heavy (non-hydrogen) atoms. The molecule has 1 aliphatic carbocycles. The third-order valence-electron chi connectivity index (χ3n) is 3.20. The van der Waals surface area contributed by atoms with Crippen LogP contribution in [0.25, 0.3) is 0 Å². The molecule has 1 saturated carbocycles. The summed E-state index contributed by atoms with van der Waals surface area (Å²) in [6, 6.07) is 0.991. The van der Waals surface area contributed by atoms with Crippen molar-refractivity contribution < 1.29 is 0 Å². The Morgan fingerprint density at radius 3 is 2.81 bits per heavy atom. The van der Waals surface area contributed by atoms with E-state index in [1.165, 1.54) is 12.8 Å². The first-order chi connectivity index (χ1) is 7.72. The van der Waals surface area contributed by atoms with E-state index in [1.807, 2.05) is 4.68 Å². The van der Waals surface area contributed by atoms with E-state index in [9.17, 15) is 0 Å². The Hall–Kier alpha value is -0.900. The van der Waals surface area contributed by atoms with E-state index < -0.39 is 0 Å². The summed E-state index contributed by atoms with van der Waals surface area (Å²) in [5.41, 5.74) is 0. The van der Waals surface area contributed by atoms with Crippen molar-refractivity contribution in [2.75, 3.05) is 6.54 Å². The number of likely N-dealkylation sites (N-methyl/N-ethyl adjacent to an activating group) is 1. The van der Waals surface area contributed by atoms with Crippen molar-refractivity contribution in [3.63, 3.8) is 0 Å². The molecule has 1 heterocycles. The zero-order chi connectivity index (χ0) is 11.5. The van der Waals surface area contributed by atoms with Crippen molar-refractivity contribution in [3.05, 3.63) is 12.2 Å². The first-order valence-electron chi connectivity index (χ1n) is 6.34. The van der Waals surface area contributed by atoms with Gasteiger partial charge in [-0.05, 0) is 39.2 Å². The molecule has 0 amide bonds. The largest absolute Gasteiger partial charge is 0.314 e. The molecule has 1 atom stereocenters. The average molecular weight is 222 g/mol. The van der Waals surface area contributed by atoms with Crippen molar-refractivity contribution in [1.82, 2.24) is 20.1 Å². The van der Waals surface area contributed by atoms with E-state index in [1.54, 1.807) is 6.33 Å². The molecule has 0 bridgehead atoms. The molecule has 0 aromatic carbocycles. The van der Waals surface area contributed by atoms with Crippen LogP contribution in [0.5, 0.6) is 0 Å². The van der Waals surface area contributed by atoms with Gasteiger partial charge in [-0.25, -0.2) is 9.67 Å². The first kappa shape index (κ1) is 11.6. The average Bonchev–Trinajstić information content (AvgIpc) is 2.98. The molecule has 1 aliphatic rings. The van der Waals surface area contributed by atoms with Gasteiger partial charge >= 0.3 is 0 Å². The summed E-state index contributed by atoms with van der Waals surface area (Å²) < 4.78 is 2.03. The minimum Gasteiger partial charge on any atom is -0.314 e. The van der Waals surface area contributed by atoms with Crippen molar-refractivity contribution in [1.29, 1.82) is 0 Å². The summed E-state index contributed by atoms with van der Waals surface area (Å²) in [7, 11) is 0. The van der Waals surface area contributed by atoms with Crippen LogP contribution in [0.4, 0.5) is 0 Å². The lowest BCUT2D eigenvalue weighted by atomic mass is 10.1. The molecule has 1 unspecified atom stereocenters. The van der Waals surface area contributed by atoms with Crippen LogP contribution in [0.1, 0.15) is 45.5 Å². The van der Waals surface area contributed by atoms with Crippen LogP contribution in [0.3, 0.4) is 0 Å². The zero-order valence-electron chi connectivity index (χ0n) is 10.5. The Kier molecular flexibility index (Phi) is 3.59. The highest BCUT2D eigenvalue weighted by atomic mass is 15.3. The van der Waals surface area contributed by atoms with Crippen LogP contribution in [0, 0.1) is 5.92 Å². The van der Waals surface area contributed by atoms with E-state index in [4.69, 9.17) is 0 Å². The maximum absolute atomic E-state index is 4.38. The lowest BCUT2D eigenvalue weighted by molar-refractivity contribution is 0.432. The monoisotopic (exact) mass is 222 g/mol. The van der Waals surface area contributed by atoms with Crippen LogP contribution >= 0.6 is 0 Å². The van der Waals surface area contributed by atoms with Gasteiger partial charge in [0.25, 0.3) is 0 Å². The van der Waals surface area contributed by atoms with E-state index in [0.29, 0.717) is 12.1 Å². The topological polar surface area (TPSA) is 42.7 Å². The predicted octanol–water partition coefficient (Wildman–Crippen LogP) is 1.79. The Bertz CT molecular complexity index is 328. The zero-order valence-corrected chi connectivity index (χ0v) is 10.5. The van der Waals surface area contributed by atoms with Crippen molar-refractivity contribution in [2.45, 2.75) is 52.1 Å². The SMILES string of the molecule is CCNC(Cc1ncnn1C(C)C)C1CC1. The van der Waals surface area contributed by atoms with Gasteiger partial charge in [0.1, 0.15) is 12.2 Å². The number of rotatable bonds is 6. The Balaban J connectivity index is 2.02. The third kappa shape index (κ3) is 2.61. The van der Waals surface area contributed by atoms with Crippen molar-refractivity contribution >= 4 is 0 Å². The maximum atomic E-state index is 4.38. The van der Waals surface area contributed by atoms with Gasteiger partial charge < -0.3 is 5.32 Å². The Morgan fingerprint density at radius 1 is 1.50 bits per heavy atom. The van der Waals surface area contributed by atoms with Gasteiger partial charge in [0, 0.05) is 18.5 Å². The highest BCUT2D eigenvalue weighted by Gasteiger charge is 2.31.